The van der Waals surface area contributed by atoms with Crippen molar-refractivity contribution in [2.75, 3.05) is 13.1 Å². The Hall–Kier alpha value is -1.39. The van der Waals surface area contributed by atoms with E-state index in [9.17, 15) is 0 Å². The molecular weight excluding hydrogens is 290 g/mol. The van der Waals surface area contributed by atoms with Crippen LogP contribution in [0.25, 0.3) is 11.1 Å². The summed E-state index contributed by atoms with van der Waals surface area (Å²) in [5, 5.41) is 3.32. The number of nitrogens with zero attached hydrogens (tertiary/aromatic N) is 2. The van der Waals surface area contributed by atoms with E-state index in [1.807, 2.05) is 6.07 Å². The number of rotatable bonds is 5. The van der Waals surface area contributed by atoms with Gasteiger partial charge < -0.3 is 0 Å². The molecule has 0 spiro atoms. The fourth-order valence-corrected chi connectivity index (χ4v) is 3.84. The van der Waals surface area contributed by atoms with E-state index in [1.54, 1.807) is 0 Å². The van der Waals surface area contributed by atoms with Gasteiger partial charge in [-0.2, -0.15) is 0 Å². The van der Waals surface area contributed by atoms with E-state index >= 15 is 0 Å². The number of aromatic amines is 1. The fourth-order valence-electron chi connectivity index (χ4n) is 3.55. The summed E-state index contributed by atoms with van der Waals surface area (Å²) in [4.78, 5) is 2.63. The maximum atomic E-state index is 5.48. The molecule has 2 unspecified atom stereocenters. The molecule has 2 atom stereocenters. The summed E-state index contributed by atoms with van der Waals surface area (Å²) < 4.78 is 2.97. The van der Waals surface area contributed by atoms with E-state index in [1.165, 1.54) is 24.9 Å². The topological polar surface area (TPSA) is 24.0 Å². The lowest BCUT2D eigenvalue weighted by Crippen LogP contribution is -2.32. The number of nitrogens with one attached hydrogen (secondary N) is 1. The van der Waals surface area contributed by atoms with Crippen LogP contribution in [0.5, 0.6) is 0 Å². The van der Waals surface area contributed by atoms with E-state index in [0.29, 0.717) is 0 Å². The molecule has 0 saturated carbocycles. The predicted molar refractivity (Wildman–Crippen MR) is 94.5 cm³/mol. The Balaban J connectivity index is 1.68. The maximum absolute atomic E-state index is 5.48. The number of H-pyrrole nitrogens is 1. The summed E-state index contributed by atoms with van der Waals surface area (Å²) in [5.74, 6) is 0.827. The lowest BCUT2D eigenvalue weighted by Gasteiger charge is -2.23. The molecule has 1 fully saturated rings. The molecule has 3 nitrogen and oxygen atoms in total. The van der Waals surface area contributed by atoms with Crippen LogP contribution in [0, 0.1) is 10.6 Å². The minimum atomic E-state index is 0.752. The molecule has 1 aromatic heterocycles. The van der Waals surface area contributed by atoms with Crippen LogP contribution in [0.15, 0.2) is 36.5 Å². The zero-order valence-corrected chi connectivity index (χ0v) is 14.3. The average molecular weight is 315 g/mol. The summed E-state index contributed by atoms with van der Waals surface area (Å²) in [5.41, 5.74) is 2.31. The van der Waals surface area contributed by atoms with Crippen LogP contribution in [-0.4, -0.2) is 33.8 Å². The number of likely N-dealkylation sites (tertiary alicyclic amines) is 1. The molecule has 1 N–H and O–H groups in total. The minimum absolute atomic E-state index is 0.752. The van der Waals surface area contributed by atoms with E-state index in [2.05, 4.69) is 59.0 Å². The van der Waals surface area contributed by atoms with Gasteiger partial charge in [-0.3, -0.25) is 14.7 Å². The van der Waals surface area contributed by atoms with E-state index < -0.39 is 0 Å². The Morgan fingerprint density at radius 3 is 2.73 bits per heavy atom. The second-order valence-electron chi connectivity index (χ2n) is 6.44. The van der Waals surface area contributed by atoms with Crippen molar-refractivity contribution in [1.82, 2.24) is 14.7 Å². The Kier molecular flexibility index (Phi) is 4.79. The first-order chi connectivity index (χ1) is 10.7. The predicted octanol–water partition coefficient (Wildman–Crippen LogP) is 4.33. The number of benzene rings is 1. The summed E-state index contributed by atoms with van der Waals surface area (Å²) in [6.07, 6.45) is 4.74. The number of hydrogen-bond donors (Lipinski definition) is 1. The van der Waals surface area contributed by atoms with Crippen molar-refractivity contribution in [2.24, 2.45) is 5.92 Å². The van der Waals surface area contributed by atoms with Gasteiger partial charge in [0.2, 0.25) is 0 Å². The Morgan fingerprint density at radius 1 is 1.23 bits per heavy atom. The molecule has 118 valence electrons. The molecule has 22 heavy (non-hydrogen) atoms. The molecule has 4 heteroatoms. The number of hydrogen-bond acceptors (Lipinski definition) is 2. The molecule has 1 aliphatic rings. The van der Waals surface area contributed by atoms with Crippen molar-refractivity contribution in [3.8, 4) is 11.1 Å². The van der Waals surface area contributed by atoms with Gasteiger partial charge in [0, 0.05) is 30.9 Å². The molecule has 1 aromatic carbocycles. The minimum Gasteiger partial charge on any atom is -0.298 e. The third kappa shape index (κ3) is 3.33. The fraction of sp³-hybridized carbons (Fsp3) is 0.500. The highest BCUT2D eigenvalue weighted by Gasteiger charge is 2.27. The number of aromatic nitrogens is 2. The first-order valence-electron chi connectivity index (χ1n) is 8.26. The van der Waals surface area contributed by atoms with Crippen LogP contribution in [0.2, 0.25) is 0 Å². The second kappa shape index (κ2) is 6.80. The van der Waals surface area contributed by atoms with Crippen LogP contribution in [0.1, 0.15) is 26.7 Å². The van der Waals surface area contributed by atoms with E-state index in [0.717, 1.165) is 35.3 Å². The van der Waals surface area contributed by atoms with Crippen molar-refractivity contribution in [1.29, 1.82) is 0 Å². The molecule has 2 aromatic rings. The maximum Gasteiger partial charge on any atom is 0.127 e. The molecule has 0 radical (unpaired) electrons. The highest BCUT2D eigenvalue weighted by Crippen LogP contribution is 2.25. The van der Waals surface area contributed by atoms with Gasteiger partial charge in [0.25, 0.3) is 0 Å². The second-order valence-corrected chi connectivity index (χ2v) is 6.85. The van der Waals surface area contributed by atoms with Crippen molar-refractivity contribution in [2.45, 2.75) is 39.3 Å². The molecule has 0 amide bonds. The molecule has 2 heterocycles. The quantitative estimate of drug-likeness (QED) is 0.830. The zero-order valence-electron chi connectivity index (χ0n) is 13.5. The van der Waals surface area contributed by atoms with Crippen LogP contribution in [0.3, 0.4) is 0 Å². The molecule has 0 aliphatic carbocycles. The Morgan fingerprint density at radius 2 is 2.00 bits per heavy atom. The Labute approximate surface area is 137 Å². The van der Waals surface area contributed by atoms with E-state index in [4.69, 9.17) is 12.2 Å². The molecule has 1 aliphatic heterocycles. The van der Waals surface area contributed by atoms with Gasteiger partial charge in [-0.15, -0.1) is 0 Å². The van der Waals surface area contributed by atoms with Crippen LogP contribution in [-0.2, 0) is 6.54 Å². The molecule has 1 saturated heterocycles. The van der Waals surface area contributed by atoms with Gasteiger partial charge in [-0.1, -0.05) is 56.4 Å². The summed E-state index contributed by atoms with van der Waals surface area (Å²) in [7, 11) is 0. The highest BCUT2D eigenvalue weighted by molar-refractivity contribution is 7.71. The third-order valence-electron chi connectivity index (χ3n) is 4.70. The largest absolute Gasteiger partial charge is 0.298 e. The van der Waals surface area contributed by atoms with Crippen LogP contribution < -0.4 is 0 Å². The van der Waals surface area contributed by atoms with Gasteiger partial charge in [-0.25, -0.2) is 0 Å². The SMILES string of the molecule is CCC1CC(C)CN1CCn1cc(-c2ccccc2)c(=S)[nH]1. The van der Waals surface area contributed by atoms with Crippen molar-refractivity contribution >= 4 is 12.2 Å². The molecular formula is C18H25N3S. The standard InChI is InChI=1S/C18H25N3S/c1-3-16-11-14(2)12-20(16)9-10-21-13-17(18(22)19-21)15-7-5-4-6-8-15/h4-8,13-14,16H,3,9-12H2,1-2H3,(H,19,22). The normalized spacial score (nSPS) is 22.3. The van der Waals surface area contributed by atoms with Gasteiger partial charge in [0.05, 0.1) is 6.54 Å². The first-order valence-corrected chi connectivity index (χ1v) is 8.67. The monoisotopic (exact) mass is 315 g/mol. The van der Waals surface area contributed by atoms with E-state index in [-0.39, 0.29) is 0 Å². The van der Waals surface area contributed by atoms with Gasteiger partial charge in [0.15, 0.2) is 0 Å². The van der Waals surface area contributed by atoms with Gasteiger partial charge in [0.1, 0.15) is 4.64 Å². The smallest absolute Gasteiger partial charge is 0.127 e. The summed E-state index contributed by atoms with van der Waals surface area (Å²) in [6.45, 7) is 7.95. The van der Waals surface area contributed by atoms with Gasteiger partial charge >= 0.3 is 0 Å². The van der Waals surface area contributed by atoms with Crippen molar-refractivity contribution in [3.05, 3.63) is 41.2 Å². The lowest BCUT2D eigenvalue weighted by molar-refractivity contribution is 0.233. The van der Waals surface area contributed by atoms with Crippen LogP contribution >= 0.6 is 12.2 Å². The Bertz CT molecular complexity index is 658. The first kappa shape index (κ1) is 15.5. The van der Waals surface area contributed by atoms with Crippen molar-refractivity contribution in [3.63, 3.8) is 0 Å². The third-order valence-corrected chi connectivity index (χ3v) is 5.01. The molecule has 3 rings (SSSR count). The molecule has 0 bridgehead atoms. The zero-order chi connectivity index (χ0) is 15.5. The summed E-state index contributed by atoms with van der Waals surface area (Å²) >= 11 is 5.48. The summed E-state index contributed by atoms with van der Waals surface area (Å²) in [6, 6.07) is 11.1. The lowest BCUT2D eigenvalue weighted by atomic mass is 10.1. The van der Waals surface area contributed by atoms with Crippen molar-refractivity contribution < 1.29 is 0 Å². The van der Waals surface area contributed by atoms with Crippen LogP contribution in [0.4, 0.5) is 0 Å². The average Bonchev–Trinajstić information content (AvgIpc) is 3.08. The highest BCUT2D eigenvalue weighted by atomic mass is 32.1. The van der Waals surface area contributed by atoms with Gasteiger partial charge in [-0.05, 0) is 24.3 Å².